The monoisotopic (exact) mass is 231 g/mol. The van der Waals surface area contributed by atoms with Crippen LogP contribution < -0.4 is 0 Å². The van der Waals surface area contributed by atoms with E-state index in [-0.39, 0.29) is 17.2 Å². The zero-order valence-corrected chi connectivity index (χ0v) is 10.1. The Hall–Kier alpha value is -1.95. The minimum absolute atomic E-state index is 0.0871. The maximum Gasteiger partial charge on any atom is 0.178 e. The maximum atomic E-state index is 12.7. The lowest BCUT2D eigenvalue weighted by Crippen LogP contribution is -2.21. The third-order valence-corrected chi connectivity index (χ3v) is 2.23. The topological polar surface area (TPSA) is 40.9 Å². The van der Waals surface area contributed by atoms with Gasteiger partial charge in [0.25, 0.3) is 0 Å². The van der Waals surface area contributed by atoms with E-state index in [0.29, 0.717) is 5.56 Å². The van der Waals surface area contributed by atoms with Crippen LogP contribution in [0.25, 0.3) is 6.08 Å². The second kappa shape index (κ2) is 4.92. The quantitative estimate of drug-likeness (QED) is 0.578. The van der Waals surface area contributed by atoms with Gasteiger partial charge in [0.05, 0.1) is 5.57 Å². The Kier molecular flexibility index (Phi) is 3.80. The van der Waals surface area contributed by atoms with Crippen LogP contribution in [0.2, 0.25) is 0 Å². The Bertz CT molecular complexity index is 486. The number of benzene rings is 1. The molecule has 1 rings (SSSR count). The van der Waals surface area contributed by atoms with Crippen molar-refractivity contribution in [2.45, 2.75) is 20.8 Å². The highest BCUT2D eigenvalue weighted by Gasteiger charge is 2.24. The summed E-state index contributed by atoms with van der Waals surface area (Å²) in [4.78, 5) is 11.9. The largest absolute Gasteiger partial charge is 0.293 e. The van der Waals surface area contributed by atoms with Crippen molar-refractivity contribution in [2.75, 3.05) is 0 Å². The SMILES string of the molecule is CC(C)(C)C(=O)/C(C#N)=C\c1ccc(F)cc1. The molecule has 0 radical (unpaired) electrons. The van der Waals surface area contributed by atoms with E-state index in [1.807, 2.05) is 6.07 Å². The van der Waals surface area contributed by atoms with E-state index >= 15 is 0 Å². The van der Waals surface area contributed by atoms with Crippen molar-refractivity contribution in [3.05, 3.63) is 41.2 Å². The Labute approximate surface area is 100 Å². The highest BCUT2D eigenvalue weighted by atomic mass is 19.1. The molecule has 0 aliphatic rings. The second-order valence-electron chi connectivity index (χ2n) is 4.80. The van der Waals surface area contributed by atoms with Crippen molar-refractivity contribution >= 4 is 11.9 Å². The van der Waals surface area contributed by atoms with Crippen molar-refractivity contribution in [1.29, 1.82) is 5.26 Å². The molecule has 0 aliphatic heterocycles. The van der Waals surface area contributed by atoms with Crippen LogP contribution in [0.5, 0.6) is 0 Å². The first kappa shape index (κ1) is 13.1. The van der Waals surface area contributed by atoms with Gasteiger partial charge in [0.1, 0.15) is 11.9 Å². The Balaban J connectivity index is 3.08. The summed E-state index contributed by atoms with van der Waals surface area (Å²) >= 11 is 0. The molecule has 0 saturated heterocycles. The normalized spacial score (nSPS) is 12.1. The van der Waals surface area contributed by atoms with Crippen molar-refractivity contribution < 1.29 is 9.18 Å². The Morgan fingerprint density at radius 2 is 1.82 bits per heavy atom. The molecule has 0 N–H and O–H groups in total. The molecule has 0 bridgehead atoms. The molecule has 88 valence electrons. The van der Waals surface area contributed by atoms with E-state index in [9.17, 15) is 9.18 Å². The standard InChI is InChI=1S/C14H14FNO/c1-14(2,3)13(17)11(9-16)8-10-4-6-12(15)7-5-10/h4-8H,1-3H3/b11-8-. The summed E-state index contributed by atoms with van der Waals surface area (Å²) in [6.07, 6.45) is 1.48. The molecule has 0 spiro atoms. The average molecular weight is 231 g/mol. The van der Waals surface area contributed by atoms with Gasteiger partial charge in [-0.2, -0.15) is 5.26 Å². The third-order valence-electron chi connectivity index (χ3n) is 2.23. The number of halogens is 1. The molecule has 0 unspecified atom stereocenters. The molecule has 0 aromatic heterocycles. The van der Waals surface area contributed by atoms with Crippen LogP contribution in [0.3, 0.4) is 0 Å². The van der Waals surface area contributed by atoms with Gasteiger partial charge in [-0.3, -0.25) is 4.79 Å². The van der Waals surface area contributed by atoms with Crippen molar-refractivity contribution in [3.63, 3.8) is 0 Å². The number of carbonyl (C=O) groups is 1. The van der Waals surface area contributed by atoms with E-state index in [4.69, 9.17) is 5.26 Å². The fraction of sp³-hybridized carbons (Fsp3) is 0.286. The molecule has 0 amide bonds. The van der Waals surface area contributed by atoms with Crippen molar-refractivity contribution in [2.24, 2.45) is 5.41 Å². The van der Waals surface area contributed by atoms with Gasteiger partial charge in [-0.25, -0.2) is 4.39 Å². The lowest BCUT2D eigenvalue weighted by Gasteiger charge is -2.15. The van der Waals surface area contributed by atoms with Crippen LogP contribution in [0.1, 0.15) is 26.3 Å². The molecule has 2 nitrogen and oxygen atoms in total. The molecule has 0 saturated carbocycles. The van der Waals surface area contributed by atoms with Gasteiger partial charge < -0.3 is 0 Å². The number of hydrogen-bond donors (Lipinski definition) is 0. The zero-order chi connectivity index (χ0) is 13.1. The van der Waals surface area contributed by atoms with Gasteiger partial charge in [0, 0.05) is 5.41 Å². The maximum absolute atomic E-state index is 12.7. The molecule has 0 heterocycles. The van der Waals surface area contributed by atoms with Gasteiger partial charge in [0.15, 0.2) is 5.78 Å². The number of nitriles is 1. The molecule has 1 aromatic rings. The van der Waals surface area contributed by atoms with Crippen LogP contribution in [0.15, 0.2) is 29.8 Å². The molecule has 0 atom stereocenters. The van der Waals surface area contributed by atoms with Gasteiger partial charge in [-0.1, -0.05) is 32.9 Å². The van der Waals surface area contributed by atoms with E-state index in [2.05, 4.69) is 0 Å². The Morgan fingerprint density at radius 1 is 1.29 bits per heavy atom. The van der Waals surface area contributed by atoms with E-state index < -0.39 is 5.41 Å². The smallest absolute Gasteiger partial charge is 0.178 e. The average Bonchev–Trinajstić information content (AvgIpc) is 2.26. The third kappa shape index (κ3) is 3.53. The predicted molar refractivity (Wildman–Crippen MR) is 64.5 cm³/mol. The highest BCUT2D eigenvalue weighted by Crippen LogP contribution is 2.21. The second-order valence-corrected chi connectivity index (χ2v) is 4.80. The number of rotatable bonds is 2. The van der Waals surface area contributed by atoms with Crippen LogP contribution in [0.4, 0.5) is 4.39 Å². The van der Waals surface area contributed by atoms with Crippen LogP contribution in [0, 0.1) is 22.6 Å². The molecule has 0 aliphatic carbocycles. The Morgan fingerprint density at radius 3 is 2.24 bits per heavy atom. The van der Waals surface area contributed by atoms with Crippen molar-refractivity contribution in [1.82, 2.24) is 0 Å². The molecular formula is C14H14FNO. The van der Waals surface area contributed by atoms with Crippen LogP contribution in [-0.4, -0.2) is 5.78 Å². The number of hydrogen-bond acceptors (Lipinski definition) is 2. The van der Waals surface area contributed by atoms with Crippen LogP contribution >= 0.6 is 0 Å². The summed E-state index contributed by atoms with van der Waals surface area (Å²) in [6.45, 7) is 5.27. The first-order valence-corrected chi connectivity index (χ1v) is 5.27. The summed E-state index contributed by atoms with van der Waals surface area (Å²) in [5.41, 5.74) is 0.131. The molecular weight excluding hydrogens is 217 g/mol. The minimum atomic E-state index is -0.596. The first-order chi connectivity index (χ1) is 7.84. The number of carbonyl (C=O) groups excluding carboxylic acids is 1. The fourth-order valence-electron chi connectivity index (χ4n) is 1.28. The van der Waals surface area contributed by atoms with Gasteiger partial charge in [0.2, 0.25) is 0 Å². The number of allylic oxidation sites excluding steroid dienone is 1. The zero-order valence-electron chi connectivity index (χ0n) is 10.1. The molecule has 17 heavy (non-hydrogen) atoms. The fourth-order valence-corrected chi connectivity index (χ4v) is 1.28. The van der Waals surface area contributed by atoms with E-state index in [1.54, 1.807) is 20.8 Å². The first-order valence-electron chi connectivity index (χ1n) is 5.27. The minimum Gasteiger partial charge on any atom is -0.293 e. The van der Waals surface area contributed by atoms with Crippen LogP contribution in [-0.2, 0) is 4.79 Å². The number of ketones is 1. The number of Topliss-reactive ketones (excluding diaryl/α,β-unsaturated/α-hetero) is 1. The van der Waals surface area contributed by atoms with Gasteiger partial charge in [-0.05, 0) is 23.8 Å². The summed E-state index contributed by atoms with van der Waals surface area (Å²) in [5.74, 6) is -0.563. The summed E-state index contributed by atoms with van der Waals surface area (Å²) in [7, 11) is 0. The summed E-state index contributed by atoms with van der Waals surface area (Å²) in [5, 5.41) is 8.96. The predicted octanol–water partition coefficient (Wildman–Crippen LogP) is 3.35. The summed E-state index contributed by atoms with van der Waals surface area (Å²) in [6, 6.07) is 7.54. The molecule has 0 fully saturated rings. The van der Waals surface area contributed by atoms with E-state index in [0.717, 1.165) is 0 Å². The molecule has 1 aromatic carbocycles. The van der Waals surface area contributed by atoms with Gasteiger partial charge in [-0.15, -0.1) is 0 Å². The molecule has 3 heteroatoms. The number of nitrogens with zero attached hydrogens (tertiary/aromatic N) is 1. The van der Waals surface area contributed by atoms with E-state index in [1.165, 1.54) is 30.3 Å². The summed E-state index contributed by atoms with van der Waals surface area (Å²) < 4.78 is 12.7. The van der Waals surface area contributed by atoms with Crippen molar-refractivity contribution in [3.8, 4) is 6.07 Å². The lowest BCUT2D eigenvalue weighted by molar-refractivity contribution is -0.121. The lowest BCUT2D eigenvalue weighted by atomic mass is 9.86. The van der Waals surface area contributed by atoms with Gasteiger partial charge >= 0.3 is 0 Å². The highest BCUT2D eigenvalue weighted by molar-refractivity contribution is 6.06.